The van der Waals surface area contributed by atoms with Crippen LogP contribution < -0.4 is 4.74 Å². The summed E-state index contributed by atoms with van der Waals surface area (Å²) in [7, 11) is 1.64. The highest BCUT2D eigenvalue weighted by Crippen LogP contribution is 2.36. The molecule has 158 valence electrons. The van der Waals surface area contributed by atoms with Gasteiger partial charge in [-0.3, -0.25) is 0 Å². The lowest BCUT2D eigenvalue weighted by Gasteiger charge is -2.26. The number of methoxy groups -OCH3 is 1. The molecule has 2 atom stereocenters. The second kappa shape index (κ2) is 9.93. The molecule has 3 rings (SSSR count). The fraction of sp³-hybridized carbons (Fsp3) is 0.357. The molecular formula is C28H33FO. The first-order chi connectivity index (χ1) is 14.4. The number of fused-ring (bicyclic) bond motifs is 1. The molecule has 2 aromatic rings. The molecule has 2 unspecified atom stereocenters. The quantitative estimate of drug-likeness (QED) is 0.396. The second-order valence-corrected chi connectivity index (χ2v) is 8.47. The van der Waals surface area contributed by atoms with Gasteiger partial charge >= 0.3 is 0 Å². The lowest BCUT2D eigenvalue weighted by Crippen LogP contribution is -2.13. The van der Waals surface area contributed by atoms with Crippen LogP contribution in [0.3, 0.4) is 0 Å². The summed E-state index contributed by atoms with van der Waals surface area (Å²) in [5, 5.41) is 0. The maximum absolute atomic E-state index is 14.9. The van der Waals surface area contributed by atoms with Crippen molar-refractivity contribution in [3.63, 3.8) is 0 Å². The van der Waals surface area contributed by atoms with Gasteiger partial charge in [-0.05, 0) is 83.9 Å². The first-order valence-corrected chi connectivity index (χ1v) is 10.8. The number of aryl methyl sites for hydroxylation is 2. The van der Waals surface area contributed by atoms with Crippen LogP contribution >= 0.6 is 0 Å². The number of allylic oxidation sites excluding steroid dienone is 3. The van der Waals surface area contributed by atoms with E-state index < -0.39 is 6.17 Å². The van der Waals surface area contributed by atoms with Gasteiger partial charge in [0.15, 0.2) is 0 Å². The topological polar surface area (TPSA) is 9.23 Å². The zero-order valence-electron chi connectivity index (χ0n) is 18.3. The molecule has 0 fully saturated rings. The first kappa shape index (κ1) is 22.1. The highest BCUT2D eigenvalue weighted by Gasteiger charge is 2.21. The molecular weight excluding hydrogens is 371 g/mol. The van der Waals surface area contributed by atoms with Crippen molar-refractivity contribution in [3.8, 4) is 5.75 Å². The Bertz CT molecular complexity index is 940. The minimum atomic E-state index is -0.854. The fourth-order valence-electron chi connectivity index (χ4n) is 4.65. The van der Waals surface area contributed by atoms with Gasteiger partial charge in [0.25, 0.3) is 0 Å². The van der Waals surface area contributed by atoms with Gasteiger partial charge in [0.1, 0.15) is 11.9 Å². The van der Waals surface area contributed by atoms with Crippen molar-refractivity contribution in [2.24, 2.45) is 5.92 Å². The molecule has 0 saturated heterocycles. The Labute approximate surface area is 181 Å². The molecule has 0 N–H and O–H groups in total. The van der Waals surface area contributed by atoms with Crippen LogP contribution in [0.4, 0.5) is 4.39 Å². The zero-order chi connectivity index (χ0) is 21.7. The van der Waals surface area contributed by atoms with Crippen molar-refractivity contribution < 1.29 is 9.13 Å². The van der Waals surface area contributed by atoms with Crippen LogP contribution in [-0.4, -0.2) is 13.3 Å². The minimum Gasteiger partial charge on any atom is -0.496 e. The first-order valence-electron chi connectivity index (χ1n) is 10.8. The van der Waals surface area contributed by atoms with Crippen LogP contribution in [0.15, 0.2) is 62.2 Å². The lowest BCUT2D eigenvalue weighted by atomic mass is 9.79. The molecule has 0 amide bonds. The van der Waals surface area contributed by atoms with E-state index in [1.165, 1.54) is 22.3 Å². The molecule has 2 heteroatoms. The predicted molar refractivity (Wildman–Crippen MR) is 127 cm³/mol. The maximum atomic E-state index is 14.9. The molecule has 30 heavy (non-hydrogen) atoms. The van der Waals surface area contributed by atoms with Gasteiger partial charge in [-0.1, -0.05) is 63.1 Å². The minimum absolute atomic E-state index is 0.484. The standard InChI is InChI=1S/C28H33FO/c1-6-20(3)28-23(10-8-12-26(28)30-5)14-16-25(29)15-13-22-9-7-11-24-18-19(2)17-21(4)27(22)24/h6-12,19,25H,1,3-4,13-18H2,2,5H3. The largest absolute Gasteiger partial charge is 0.496 e. The van der Waals surface area contributed by atoms with Gasteiger partial charge in [-0.25, -0.2) is 4.39 Å². The van der Waals surface area contributed by atoms with Gasteiger partial charge in [0, 0.05) is 5.56 Å². The van der Waals surface area contributed by atoms with Crippen LogP contribution in [0, 0.1) is 5.92 Å². The molecule has 0 spiro atoms. The van der Waals surface area contributed by atoms with E-state index in [2.05, 4.69) is 44.9 Å². The Kier molecular flexibility index (Phi) is 7.31. The van der Waals surface area contributed by atoms with Gasteiger partial charge in [-0.2, -0.15) is 0 Å². The Morgan fingerprint density at radius 1 is 1.13 bits per heavy atom. The highest BCUT2D eigenvalue weighted by atomic mass is 19.1. The number of alkyl halides is 1. The van der Waals surface area contributed by atoms with E-state index in [1.54, 1.807) is 13.2 Å². The number of hydrogen-bond donors (Lipinski definition) is 0. The SMILES string of the molecule is C=CC(=C)c1c(CCC(F)CCc2cccc3c2C(=C)CC(C)C3)cccc1OC. The van der Waals surface area contributed by atoms with Gasteiger partial charge in [0.05, 0.1) is 7.11 Å². The fourth-order valence-corrected chi connectivity index (χ4v) is 4.65. The molecule has 1 aliphatic carbocycles. The van der Waals surface area contributed by atoms with E-state index in [9.17, 15) is 4.39 Å². The summed E-state index contributed by atoms with van der Waals surface area (Å²) in [6.07, 6.45) is 5.41. The summed E-state index contributed by atoms with van der Waals surface area (Å²) in [6, 6.07) is 12.3. The Hall–Kier alpha value is -2.61. The van der Waals surface area contributed by atoms with Gasteiger partial charge in [0.2, 0.25) is 0 Å². The Morgan fingerprint density at radius 3 is 2.50 bits per heavy atom. The second-order valence-electron chi connectivity index (χ2n) is 8.47. The molecule has 0 aliphatic heterocycles. The number of rotatable bonds is 9. The van der Waals surface area contributed by atoms with E-state index in [4.69, 9.17) is 4.74 Å². The van der Waals surface area contributed by atoms with E-state index in [-0.39, 0.29) is 0 Å². The average molecular weight is 405 g/mol. The van der Waals surface area contributed by atoms with E-state index in [1.807, 2.05) is 18.2 Å². The van der Waals surface area contributed by atoms with Crippen molar-refractivity contribution in [1.29, 1.82) is 0 Å². The summed E-state index contributed by atoms with van der Waals surface area (Å²) in [5.74, 6) is 1.40. The number of halogens is 1. The van der Waals surface area contributed by atoms with Crippen molar-refractivity contribution >= 4 is 11.1 Å². The van der Waals surface area contributed by atoms with E-state index in [0.29, 0.717) is 25.2 Å². The molecule has 0 bridgehead atoms. The van der Waals surface area contributed by atoms with Crippen LogP contribution in [0.1, 0.15) is 54.0 Å². The number of benzene rings is 2. The summed E-state index contributed by atoms with van der Waals surface area (Å²) >= 11 is 0. The zero-order valence-corrected chi connectivity index (χ0v) is 18.3. The summed E-state index contributed by atoms with van der Waals surface area (Å²) in [6.45, 7) is 14.5. The molecule has 1 aliphatic rings. The highest BCUT2D eigenvalue weighted by molar-refractivity contribution is 5.78. The predicted octanol–water partition coefficient (Wildman–Crippen LogP) is 7.39. The van der Waals surface area contributed by atoms with Crippen molar-refractivity contribution in [1.82, 2.24) is 0 Å². The monoisotopic (exact) mass is 404 g/mol. The average Bonchev–Trinajstić information content (AvgIpc) is 2.74. The Morgan fingerprint density at radius 2 is 1.80 bits per heavy atom. The van der Waals surface area contributed by atoms with Crippen LogP contribution in [0.25, 0.3) is 11.1 Å². The third-order valence-corrected chi connectivity index (χ3v) is 6.11. The van der Waals surface area contributed by atoms with Crippen LogP contribution in [-0.2, 0) is 19.3 Å². The normalized spacial score (nSPS) is 16.6. The molecule has 1 nitrogen and oxygen atoms in total. The summed E-state index contributed by atoms with van der Waals surface area (Å²) < 4.78 is 20.3. The van der Waals surface area contributed by atoms with Crippen molar-refractivity contribution in [2.75, 3.05) is 7.11 Å². The van der Waals surface area contributed by atoms with Crippen molar-refractivity contribution in [3.05, 3.63) is 90.0 Å². The van der Waals surface area contributed by atoms with Crippen LogP contribution in [0.5, 0.6) is 5.75 Å². The molecule has 0 heterocycles. The Balaban J connectivity index is 1.65. The molecule has 2 aromatic carbocycles. The smallest absolute Gasteiger partial charge is 0.126 e. The number of hydrogen-bond acceptors (Lipinski definition) is 1. The third kappa shape index (κ3) is 4.92. The summed E-state index contributed by atoms with van der Waals surface area (Å²) in [4.78, 5) is 0. The summed E-state index contributed by atoms with van der Waals surface area (Å²) in [5.41, 5.74) is 7.91. The van der Waals surface area contributed by atoms with Gasteiger partial charge in [-0.15, -0.1) is 0 Å². The lowest BCUT2D eigenvalue weighted by molar-refractivity contribution is 0.296. The molecule has 0 aromatic heterocycles. The van der Waals surface area contributed by atoms with Crippen molar-refractivity contribution in [2.45, 2.75) is 51.6 Å². The molecule has 0 saturated carbocycles. The third-order valence-electron chi connectivity index (χ3n) is 6.11. The maximum Gasteiger partial charge on any atom is 0.126 e. The number of ether oxygens (including phenoxy) is 1. The van der Waals surface area contributed by atoms with Gasteiger partial charge < -0.3 is 4.74 Å². The van der Waals surface area contributed by atoms with E-state index in [0.717, 1.165) is 41.7 Å². The van der Waals surface area contributed by atoms with Crippen LogP contribution in [0.2, 0.25) is 0 Å². The van der Waals surface area contributed by atoms with E-state index >= 15 is 0 Å². The molecule has 0 radical (unpaired) electrons.